The number of carbonyl (C=O) groups excluding carboxylic acids is 1. The number of halogens is 1. The van der Waals surface area contributed by atoms with E-state index in [9.17, 15) is 4.79 Å². The monoisotopic (exact) mass is 270 g/mol. The first-order valence-corrected chi connectivity index (χ1v) is 6.90. The third kappa shape index (κ3) is 2.93. The predicted molar refractivity (Wildman–Crippen MR) is 71.7 cm³/mol. The SMILES string of the molecule is CC1(C)CN(C(=O)c2cccnc2Cl)CCS1. The number of pyridine rings is 1. The lowest BCUT2D eigenvalue weighted by atomic mass is 10.1. The van der Waals surface area contributed by atoms with Crippen molar-refractivity contribution >= 4 is 29.3 Å². The average molecular weight is 271 g/mol. The molecule has 1 saturated heterocycles. The van der Waals surface area contributed by atoms with Gasteiger partial charge in [-0.15, -0.1) is 0 Å². The van der Waals surface area contributed by atoms with Gasteiger partial charge in [0.25, 0.3) is 5.91 Å². The van der Waals surface area contributed by atoms with E-state index in [4.69, 9.17) is 11.6 Å². The topological polar surface area (TPSA) is 33.2 Å². The number of thioether (sulfide) groups is 1. The molecule has 1 aromatic heterocycles. The molecule has 3 nitrogen and oxygen atoms in total. The summed E-state index contributed by atoms with van der Waals surface area (Å²) >= 11 is 7.84. The van der Waals surface area contributed by atoms with Gasteiger partial charge in [-0.05, 0) is 26.0 Å². The van der Waals surface area contributed by atoms with Crippen LogP contribution in [-0.2, 0) is 0 Å². The minimum Gasteiger partial charge on any atom is -0.336 e. The lowest BCUT2D eigenvalue weighted by molar-refractivity contribution is 0.0748. The second-order valence-electron chi connectivity index (χ2n) is 4.68. The molecule has 2 rings (SSSR count). The lowest BCUT2D eigenvalue weighted by Gasteiger charge is -2.37. The summed E-state index contributed by atoms with van der Waals surface area (Å²) in [6.45, 7) is 5.84. The zero-order valence-electron chi connectivity index (χ0n) is 9.94. The van der Waals surface area contributed by atoms with Crippen molar-refractivity contribution in [2.75, 3.05) is 18.8 Å². The number of amides is 1. The quantitative estimate of drug-likeness (QED) is 0.736. The summed E-state index contributed by atoms with van der Waals surface area (Å²) in [7, 11) is 0. The first kappa shape index (κ1) is 12.7. The summed E-state index contributed by atoms with van der Waals surface area (Å²) in [5.41, 5.74) is 0.497. The Morgan fingerprint density at radius 3 is 3.00 bits per heavy atom. The number of nitrogens with zero attached hydrogens (tertiary/aromatic N) is 2. The Kier molecular flexibility index (Phi) is 3.64. The molecule has 0 bridgehead atoms. The molecule has 0 saturated carbocycles. The van der Waals surface area contributed by atoms with Crippen LogP contribution < -0.4 is 0 Å². The maximum atomic E-state index is 12.3. The first-order valence-electron chi connectivity index (χ1n) is 5.53. The van der Waals surface area contributed by atoms with E-state index < -0.39 is 0 Å². The molecule has 0 aromatic carbocycles. The second kappa shape index (κ2) is 4.86. The molecule has 0 radical (unpaired) electrons. The standard InChI is InChI=1S/C12H15ClN2OS/c1-12(2)8-15(6-7-17-12)11(16)9-4-3-5-14-10(9)13/h3-5H,6-8H2,1-2H3. The molecule has 2 heterocycles. The summed E-state index contributed by atoms with van der Waals surface area (Å²) in [5.74, 6) is 0.952. The largest absolute Gasteiger partial charge is 0.336 e. The molecule has 1 fully saturated rings. The Bertz CT molecular complexity index is 436. The minimum absolute atomic E-state index is 0.0172. The smallest absolute Gasteiger partial charge is 0.257 e. The first-order chi connectivity index (χ1) is 7.99. The second-order valence-corrected chi connectivity index (χ2v) is 6.84. The highest BCUT2D eigenvalue weighted by molar-refractivity contribution is 8.00. The van der Waals surface area contributed by atoms with Crippen LogP contribution in [0.4, 0.5) is 0 Å². The van der Waals surface area contributed by atoms with Crippen LogP contribution in [0.3, 0.4) is 0 Å². The van der Waals surface area contributed by atoms with Crippen LogP contribution in [0.1, 0.15) is 24.2 Å². The highest BCUT2D eigenvalue weighted by Crippen LogP contribution is 2.30. The van der Waals surface area contributed by atoms with Gasteiger partial charge >= 0.3 is 0 Å². The molecule has 1 aliphatic heterocycles. The van der Waals surface area contributed by atoms with E-state index in [1.807, 2.05) is 16.7 Å². The van der Waals surface area contributed by atoms with Crippen LogP contribution in [0.5, 0.6) is 0 Å². The molecular weight excluding hydrogens is 256 g/mol. The van der Waals surface area contributed by atoms with Crippen LogP contribution in [0.15, 0.2) is 18.3 Å². The van der Waals surface area contributed by atoms with Crippen LogP contribution in [-0.4, -0.2) is 39.4 Å². The highest BCUT2D eigenvalue weighted by atomic mass is 35.5. The van der Waals surface area contributed by atoms with Gasteiger partial charge in [0.2, 0.25) is 0 Å². The Morgan fingerprint density at radius 2 is 2.35 bits per heavy atom. The van der Waals surface area contributed by atoms with Crippen molar-refractivity contribution in [3.63, 3.8) is 0 Å². The molecule has 92 valence electrons. The zero-order valence-corrected chi connectivity index (χ0v) is 11.5. The van der Waals surface area contributed by atoms with Gasteiger partial charge in [0.05, 0.1) is 5.56 Å². The van der Waals surface area contributed by atoms with Crippen molar-refractivity contribution in [3.05, 3.63) is 29.0 Å². The summed E-state index contributed by atoms with van der Waals surface area (Å²) < 4.78 is 0.114. The van der Waals surface area contributed by atoms with Crippen LogP contribution in [0.25, 0.3) is 0 Å². The summed E-state index contributed by atoms with van der Waals surface area (Å²) in [6.07, 6.45) is 1.59. The molecule has 0 N–H and O–H groups in total. The van der Waals surface area contributed by atoms with Crippen molar-refractivity contribution in [2.45, 2.75) is 18.6 Å². The van der Waals surface area contributed by atoms with E-state index in [2.05, 4.69) is 18.8 Å². The molecule has 17 heavy (non-hydrogen) atoms. The Hall–Kier alpha value is -0.740. The normalized spacial score (nSPS) is 19.1. The number of hydrogen-bond acceptors (Lipinski definition) is 3. The Morgan fingerprint density at radius 1 is 1.59 bits per heavy atom. The van der Waals surface area contributed by atoms with Gasteiger partial charge in [0, 0.05) is 29.8 Å². The van der Waals surface area contributed by atoms with Gasteiger partial charge in [0.1, 0.15) is 5.15 Å². The molecule has 0 atom stereocenters. The lowest BCUT2D eigenvalue weighted by Crippen LogP contribution is -2.46. The maximum Gasteiger partial charge on any atom is 0.257 e. The van der Waals surface area contributed by atoms with E-state index in [-0.39, 0.29) is 15.8 Å². The molecule has 5 heteroatoms. The highest BCUT2D eigenvalue weighted by Gasteiger charge is 2.30. The minimum atomic E-state index is -0.0172. The summed E-state index contributed by atoms with van der Waals surface area (Å²) in [4.78, 5) is 18.1. The Labute approximate surface area is 111 Å². The maximum absolute atomic E-state index is 12.3. The fourth-order valence-corrected chi connectivity index (χ4v) is 3.22. The van der Waals surface area contributed by atoms with Gasteiger partial charge in [-0.3, -0.25) is 4.79 Å². The van der Waals surface area contributed by atoms with Gasteiger partial charge in [-0.1, -0.05) is 11.6 Å². The van der Waals surface area contributed by atoms with Crippen LogP contribution >= 0.6 is 23.4 Å². The van der Waals surface area contributed by atoms with Crippen LogP contribution in [0.2, 0.25) is 5.15 Å². The van der Waals surface area contributed by atoms with E-state index in [0.717, 1.165) is 18.8 Å². The third-order valence-corrected chi connectivity index (χ3v) is 4.30. The number of carbonyl (C=O) groups is 1. The fraction of sp³-hybridized carbons (Fsp3) is 0.500. The number of hydrogen-bond donors (Lipinski definition) is 0. The molecule has 0 unspecified atom stereocenters. The zero-order chi connectivity index (χ0) is 12.5. The average Bonchev–Trinajstić information content (AvgIpc) is 2.27. The predicted octanol–water partition coefficient (Wildman–Crippen LogP) is 2.70. The van der Waals surface area contributed by atoms with E-state index in [1.165, 1.54) is 0 Å². The van der Waals surface area contributed by atoms with Crippen LogP contribution in [0, 0.1) is 0 Å². The molecule has 0 aliphatic carbocycles. The van der Waals surface area contributed by atoms with E-state index >= 15 is 0 Å². The van der Waals surface area contributed by atoms with Crippen molar-refractivity contribution in [1.29, 1.82) is 0 Å². The summed E-state index contributed by atoms with van der Waals surface area (Å²) in [5, 5.41) is 0.286. The molecule has 1 aromatic rings. The molecular formula is C12H15ClN2OS. The van der Waals surface area contributed by atoms with Crippen molar-refractivity contribution in [2.24, 2.45) is 0 Å². The van der Waals surface area contributed by atoms with E-state index in [1.54, 1.807) is 18.3 Å². The number of rotatable bonds is 1. The fourth-order valence-electron chi connectivity index (χ4n) is 1.91. The van der Waals surface area contributed by atoms with Crippen molar-refractivity contribution in [1.82, 2.24) is 9.88 Å². The van der Waals surface area contributed by atoms with E-state index in [0.29, 0.717) is 5.56 Å². The van der Waals surface area contributed by atoms with Gasteiger partial charge in [-0.25, -0.2) is 4.98 Å². The Balaban J connectivity index is 2.18. The summed E-state index contributed by atoms with van der Waals surface area (Å²) in [6, 6.07) is 3.47. The number of aromatic nitrogens is 1. The third-order valence-electron chi connectivity index (χ3n) is 2.70. The molecule has 0 spiro atoms. The molecule has 1 amide bonds. The van der Waals surface area contributed by atoms with Gasteiger partial charge < -0.3 is 4.90 Å². The van der Waals surface area contributed by atoms with Crippen molar-refractivity contribution in [3.8, 4) is 0 Å². The van der Waals surface area contributed by atoms with Crippen molar-refractivity contribution < 1.29 is 4.79 Å². The van der Waals surface area contributed by atoms with Gasteiger partial charge in [-0.2, -0.15) is 11.8 Å². The molecule has 1 aliphatic rings. The van der Waals surface area contributed by atoms with Gasteiger partial charge in [0.15, 0.2) is 0 Å².